The molecule has 0 spiro atoms. The van der Waals surface area contributed by atoms with E-state index in [1.807, 2.05) is 0 Å². The van der Waals surface area contributed by atoms with Crippen molar-refractivity contribution in [3.8, 4) is 22.5 Å². The van der Waals surface area contributed by atoms with Crippen LogP contribution < -0.4 is 10.6 Å². The van der Waals surface area contributed by atoms with Gasteiger partial charge in [0.05, 0.1) is 37.0 Å². The van der Waals surface area contributed by atoms with Crippen LogP contribution in [0.25, 0.3) is 34.7 Å². The zero-order valence-corrected chi connectivity index (χ0v) is 30.2. The number of nitrogens with one attached hydrogen (secondary N) is 2. The maximum Gasteiger partial charge on any atom is 0.319 e. The molecule has 274 valence electrons. The van der Waals surface area contributed by atoms with Crippen molar-refractivity contribution >= 4 is 43.6 Å². The first kappa shape index (κ1) is 37.5. The summed E-state index contributed by atoms with van der Waals surface area (Å²) >= 11 is 0. The quantitative estimate of drug-likeness (QED) is 0.0849. The van der Waals surface area contributed by atoms with Gasteiger partial charge in [0.1, 0.15) is 11.6 Å². The number of hydrogen-bond donors (Lipinski definition) is 2. The molecule has 0 radical (unpaired) electrons. The Morgan fingerprint density at radius 3 is 1.43 bits per heavy atom. The molecule has 0 aliphatic carbocycles. The molecule has 0 saturated heterocycles. The van der Waals surface area contributed by atoms with Gasteiger partial charge in [0.15, 0.2) is 0 Å². The third-order valence-corrected chi connectivity index (χ3v) is 8.94. The van der Waals surface area contributed by atoms with Crippen molar-refractivity contribution in [2.75, 3.05) is 10.6 Å². The van der Waals surface area contributed by atoms with Crippen molar-refractivity contribution in [1.82, 2.24) is 19.6 Å². The summed E-state index contributed by atoms with van der Waals surface area (Å²) in [6, 6.07) is 26.4. The number of amides is 2. The Morgan fingerprint density at radius 2 is 1.04 bits per heavy atom. The predicted molar refractivity (Wildman–Crippen MR) is 204 cm³/mol. The smallest absolute Gasteiger partial charge is 0.319 e. The van der Waals surface area contributed by atoms with Gasteiger partial charge in [0, 0.05) is 59.9 Å². The first-order valence-corrected chi connectivity index (χ1v) is 17.9. The molecule has 0 fully saturated rings. The van der Waals surface area contributed by atoms with Crippen molar-refractivity contribution in [1.29, 1.82) is 0 Å². The molecule has 6 aromatic rings. The highest BCUT2D eigenvalue weighted by atomic mass is 31.1. The van der Waals surface area contributed by atoms with E-state index in [1.54, 1.807) is 133 Å². The van der Waals surface area contributed by atoms with E-state index in [9.17, 15) is 22.9 Å². The van der Waals surface area contributed by atoms with E-state index in [0.29, 0.717) is 45.0 Å². The molecule has 2 amide bonds. The molecular weight excluding hydrogens is 713 g/mol. The van der Waals surface area contributed by atoms with E-state index in [-0.39, 0.29) is 36.7 Å². The van der Waals surface area contributed by atoms with Gasteiger partial charge in [-0.15, -0.1) is 0 Å². The summed E-state index contributed by atoms with van der Waals surface area (Å²) in [5.41, 5.74) is 5.56. The van der Waals surface area contributed by atoms with Gasteiger partial charge in [0.25, 0.3) is 0 Å². The number of benzene rings is 4. The Bertz CT molecular complexity index is 2190. The van der Waals surface area contributed by atoms with E-state index in [1.165, 1.54) is 24.3 Å². The lowest BCUT2D eigenvalue weighted by Gasteiger charge is -2.08. The van der Waals surface area contributed by atoms with Crippen LogP contribution in [-0.2, 0) is 50.5 Å². The zero-order chi connectivity index (χ0) is 38.0. The molecule has 0 aliphatic heterocycles. The molecule has 0 atom stereocenters. The van der Waals surface area contributed by atoms with Crippen LogP contribution in [-0.4, -0.2) is 31.4 Å². The summed E-state index contributed by atoms with van der Waals surface area (Å²) in [7, 11) is 0.583. The lowest BCUT2D eigenvalue weighted by atomic mass is 10.1. The average Bonchev–Trinajstić information content (AvgIpc) is 3.73. The van der Waals surface area contributed by atoms with Gasteiger partial charge in [-0.1, -0.05) is 48.5 Å². The maximum atomic E-state index is 14.4. The Morgan fingerprint density at radius 1 is 0.648 bits per heavy atom. The molecule has 0 aliphatic rings. The van der Waals surface area contributed by atoms with Gasteiger partial charge in [-0.05, 0) is 71.8 Å². The Kier molecular flexibility index (Phi) is 12.1. The number of rotatable bonds is 14. The fourth-order valence-electron chi connectivity index (χ4n) is 5.51. The normalized spacial score (nSPS) is 11.5. The molecule has 54 heavy (non-hydrogen) atoms. The molecule has 2 heterocycles. The largest absolute Gasteiger partial charge is 0.323 e. The second-order valence-electron chi connectivity index (χ2n) is 12.0. The molecule has 2 aromatic heterocycles. The fourth-order valence-corrected chi connectivity index (χ4v) is 6.17. The number of aromatic nitrogens is 4. The van der Waals surface area contributed by atoms with Crippen LogP contribution in [0.4, 0.5) is 20.2 Å². The summed E-state index contributed by atoms with van der Waals surface area (Å²) in [4.78, 5) is 25.2. The summed E-state index contributed by atoms with van der Waals surface area (Å²) < 4.78 is 55.1. The van der Waals surface area contributed by atoms with E-state index >= 15 is 0 Å². The first-order chi connectivity index (χ1) is 26.1. The van der Waals surface area contributed by atoms with Crippen LogP contribution in [0.1, 0.15) is 22.3 Å². The van der Waals surface area contributed by atoms with Gasteiger partial charge in [-0.25, -0.2) is 8.78 Å². The zero-order valence-electron chi connectivity index (χ0n) is 29.2. The SMILES string of the molecule is Cn1ncc(/C=C/C(=O)Nc2ccc(CO[PH](=O)OCc3ccc(NC(=O)/C=C/c4cnn(C)c4-c4ccccc4F)cc3)cc2)c1-c1ccccc1F. The summed E-state index contributed by atoms with van der Waals surface area (Å²) in [6.45, 7) is 0.0656. The molecule has 0 bridgehead atoms. The summed E-state index contributed by atoms with van der Waals surface area (Å²) in [5.74, 6) is -1.54. The lowest BCUT2D eigenvalue weighted by Crippen LogP contribution is -2.07. The van der Waals surface area contributed by atoms with Gasteiger partial charge in [-0.3, -0.25) is 23.5 Å². The maximum absolute atomic E-state index is 14.4. The van der Waals surface area contributed by atoms with Crippen LogP contribution in [0.15, 0.2) is 122 Å². The van der Waals surface area contributed by atoms with Crippen molar-refractivity contribution < 1.29 is 32.0 Å². The van der Waals surface area contributed by atoms with Crippen molar-refractivity contribution in [3.63, 3.8) is 0 Å². The summed E-state index contributed by atoms with van der Waals surface area (Å²) in [6.07, 6.45) is 8.97. The van der Waals surface area contributed by atoms with E-state index in [4.69, 9.17) is 9.05 Å². The highest BCUT2D eigenvalue weighted by Crippen LogP contribution is 2.30. The molecule has 14 heteroatoms. The second kappa shape index (κ2) is 17.5. The highest BCUT2D eigenvalue weighted by Gasteiger charge is 2.15. The topological polar surface area (TPSA) is 129 Å². The third kappa shape index (κ3) is 9.58. The van der Waals surface area contributed by atoms with Crippen LogP contribution in [0, 0.1) is 11.6 Å². The van der Waals surface area contributed by atoms with Crippen molar-refractivity contribution in [2.45, 2.75) is 13.2 Å². The molecule has 0 unspecified atom stereocenters. The average molecular weight is 749 g/mol. The number of halogens is 2. The van der Waals surface area contributed by atoms with Gasteiger partial charge in [0.2, 0.25) is 11.8 Å². The van der Waals surface area contributed by atoms with Crippen molar-refractivity contribution in [2.24, 2.45) is 14.1 Å². The molecule has 6 rings (SSSR count). The highest BCUT2D eigenvalue weighted by molar-refractivity contribution is 7.33. The summed E-state index contributed by atoms with van der Waals surface area (Å²) in [5, 5.41) is 13.9. The van der Waals surface area contributed by atoms with Gasteiger partial charge in [-0.2, -0.15) is 10.2 Å². The lowest BCUT2D eigenvalue weighted by molar-refractivity contribution is -0.112. The minimum absolute atomic E-state index is 0.0328. The minimum atomic E-state index is -2.83. The van der Waals surface area contributed by atoms with E-state index in [0.717, 1.165) is 11.1 Å². The minimum Gasteiger partial charge on any atom is -0.323 e. The Labute approximate surface area is 310 Å². The van der Waals surface area contributed by atoms with Gasteiger partial charge >= 0.3 is 8.25 Å². The number of hydrogen-bond acceptors (Lipinski definition) is 7. The number of anilines is 2. The van der Waals surface area contributed by atoms with Crippen LogP contribution in [0.3, 0.4) is 0 Å². The molecular formula is C40H35F2N6O5P. The molecule has 11 nitrogen and oxygen atoms in total. The molecule has 2 N–H and O–H groups in total. The second-order valence-corrected chi connectivity index (χ2v) is 13.0. The standard InChI is InChI=1S/C40H35F2N6O5P/c1-47-39(33-7-3-5-9-35(33)41)29(23-43-47)15-21-37(49)45-31-17-11-27(12-18-31)25-52-54(51)53-26-28-13-19-32(20-14-28)46-38(50)22-16-30-24-44-48(2)40(30)34-8-4-6-10-36(34)42/h3-24,54H,25-26H2,1-2H3,(H,45,49)(H,46,50)/b21-15+,22-16+. The molecule has 0 saturated carbocycles. The Balaban J connectivity index is 0.928. The van der Waals surface area contributed by atoms with E-state index in [2.05, 4.69) is 20.8 Å². The third-order valence-electron chi connectivity index (χ3n) is 8.18. The Hall–Kier alpha value is -6.27. The number of carbonyl (C=O) groups is 2. The first-order valence-electron chi connectivity index (χ1n) is 16.6. The van der Waals surface area contributed by atoms with Crippen molar-refractivity contribution in [3.05, 3.63) is 155 Å². The van der Waals surface area contributed by atoms with Gasteiger partial charge < -0.3 is 19.7 Å². The number of carbonyl (C=O) groups excluding carboxylic acids is 2. The van der Waals surface area contributed by atoms with Crippen LogP contribution in [0.5, 0.6) is 0 Å². The fraction of sp³-hybridized carbons (Fsp3) is 0.100. The molecule has 4 aromatic carbocycles. The monoisotopic (exact) mass is 748 g/mol. The predicted octanol–water partition coefficient (Wildman–Crippen LogP) is 8.19. The van der Waals surface area contributed by atoms with Crippen LogP contribution >= 0.6 is 8.25 Å². The van der Waals surface area contributed by atoms with E-state index < -0.39 is 8.25 Å². The van der Waals surface area contributed by atoms with Crippen LogP contribution in [0.2, 0.25) is 0 Å². The number of aryl methyl sites for hydroxylation is 2. The number of nitrogens with zero attached hydrogens (tertiary/aromatic N) is 4.